The first kappa shape index (κ1) is 18.4. The maximum atomic E-state index is 12.9. The number of carbonyl (C=O) groups excluding carboxylic acids is 1. The molecule has 1 amide bonds. The van der Waals surface area contributed by atoms with Crippen LogP contribution in [0.5, 0.6) is 0 Å². The highest BCUT2D eigenvalue weighted by Crippen LogP contribution is 2.30. The minimum absolute atomic E-state index is 0.148. The second kappa shape index (κ2) is 8.33. The van der Waals surface area contributed by atoms with Crippen molar-refractivity contribution in [2.45, 2.75) is 70.6 Å². The number of nitrogens with two attached hydrogens (primary N) is 1. The molecule has 4 nitrogen and oxygen atoms in total. The summed E-state index contributed by atoms with van der Waals surface area (Å²) in [7, 11) is 0. The number of amides is 1. The van der Waals surface area contributed by atoms with Crippen LogP contribution in [0.3, 0.4) is 0 Å². The molecule has 2 atom stereocenters. The van der Waals surface area contributed by atoms with Crippen molar-refractivity contribution in [1.82, 2.24) is 9.80 Å². The Morgan fingerprint density at radius 3 is 2.56 bits per heavy atom. The van der Waals surface area contributed by atoms with Gasteiger partial charge in [0.1, 0.15) is 0 Å². The van der Waals surface area contributed by atoms with Gasteiger partial charge in [-0.05, 0) is 43.6 Å². The number of likely N-dealkylation sites (tertiary alicyclic amines) is 1. The average molecular weight is 344 g/mol. The maximum Gasteiger partial charge on any atom is 0.240 e. The van der Waals surface area contributed by atoms with Gasteiger partial charge in [-0.1, -0.05) is 44.2 Å². The molecule has 1 heterocycles. The summed E-state index contributed by atoms with van der Waals surface area (Å²) < 4.78 is 0. The largest absolute Gasteiger partial charge is 0.337 e. The molecule has 0 radical (unpaired) electrons. The van der Waals surface area contributed by atoms with Crippen LogP contribution in [0, 0.1) is 5.92 Å². The first-order valence-corrected chi connectivity index (χ1v) is 9.90. The summed E-state index contributed by atoms with van der Waals surface area (Å²) in [6.45, 7) is 6.91. The summed E-state index contributed by atoms with van der Waals surface area (Å²) >= 11 is 0. The number of hydrogen-bond acceptors (Lipinski definition) is 3. The van der Waals surface area contributed by atoms with E-state index in [-0.39, 0.29) is 17.9 Å². The molecule has 0 spiro atoms. The van der Waals surface area contributed by atoms with Crippen LogP contribution in [0.2, 0.25) is 0 Å². The molecule has 0 bridgehead atoms. The summed E-state index contributed by atoms with van der Waals surface area (Å²) in [5, 5.41) is 0. The quantitative estimate of drug-likeness (QED) is 0.828. The molecule has 1 saturated heterocycles. The highest BCUT2D eigenvalue weighted by atomic mass is 16.2. The summed E-state index contributed by atoms with van der Waals surface area (Å²) in [4.78, 5) is 17.5. The summed E-state index contributed by atoms with van der Waals surface area (Å²) in [5.74, 6) is 0.342. The number of piperidine rings is 1. The van der Waals surface area contributed by atoms with Gasteiger partial charge in [0.25, 0.3) is 0 Å². The standard InChI is InChI=1S/C21H33N3O/c1-16(2)20(22)21(25)24-13-7-6-10-19(24)15-23(18-11-12-18)14-17-8-4-3-5-9-17/h3-5,8-9,16,18-20H,6-7,10-15,22H2,1-2H3/t19-,20-/m0/s1. The number of rotatable bonds is 7. The van der Waals surface area contributed by atoms with Crippen LogP contribution in [0.4, 0.5) is 0 Å². The van der Waals surface area contributed by atoms with Crippen molar-refractivity contribution in [1.29, 1.82) is 0 Å². The van der Waals surface area contributed by atoms with E-state index in [4.69, 9.17) is 5.73 Å². The molecule has 1 aliphatic heterocycles. The van der Waals surface area contributed by atoms with E-state index in [1.165, 1.54) is 24.8 Å². The smallest absolute Gasteiger partial charge is 0.240 e. The van der Waals surface area contributed by atoms with E-state index in [9.17, 15) is 4.79 Å². The monoisotopic (exact) mass is 343 g/mol. The first-order valence-electron chi connectivity index (χ1n) is 9.90. The van der Waals surface area contributed by atoms with Crippen molar-refractivity contribution < 1.29 is 4.79 Å². The van der Waals surface area contributed by atoms with Gasteiger partial charge in [-0.15, -0.1) is 0 Å². The molecule has 0 aromatic heterocycles. The summed E-state index contributed by atoms with van der Waals surface area (Å²) in [6.07, 6.45) is 6.01. The van der Waals surface area contributed by atoms with Gasteiger partial charge in [0.15, 0.2) is 0 Å². The maximum absolute atomic E-state index is 12.9. The molecule has 2 fully saturated rings. The lowest BCUT2D eigenvalue weighted by Crippen LogP contribution is -2.55. The van der Waals surface area contributed by atoms with Crippen LogP contribution in [0.25, 0.3) is 0 Å². The van der Waals surface area contributed by atoms with E-state index in [0.29, 0.717) is 12.1 Å². The third-order valence-electron chi connectivity index (χ3n) is 5.65. The summed E-state index contributed by atoms with van der Waals surface area (Å²) in [5.41, 5.74) is 7.54. The van der Waals surface area contributed by atoms with E-state index in [1.54, 1.807) is 0 Å². The lowest BCUT2D eigenvalue weighted by atomic mass is 9.97. The predicted octanol–water partition coefficient (Wildman–Crippen LogP) is 3.02. The van der Waals surface area contributed by atoms with Crippen molar-refractivity contribution >= 4 is 5.91 Å². The highest BCUT2D eigenvalue weighted by Gasteiger charge is 2.35. The number of nitrogens with zero attached hydrogens (tertiary/aromatic N) is 2. The lowest BCUT2D eigenvalue weighted by molar-refractivity contribution is -0.137. The molecule has 3 rings (SSSR count). The molecule has 1 aromatic carbocycles. The Morgan fingerprint density at radius 2 is 1.92 bits per heavy atom. The Morgan fingerprint density at radius 1 is 1.20 bits per heavy atom. The molecule has 1 aliphatic carbocycles. The van der Waals surface area contributed by atoms with Gasteiger partial charge >= 0.3 is 0 Å². The van der Waals surface area contributed by atoms with E-state index < -0.39 is 0 Å². The lowest BCUT2D eigenvalue weighted by Gasteiger charge is -2.40. The van der Waals surface area contributed by atoms with Gasteiger partial charge in [-0.3, -0.25) is 9.69 Å². The van der Waals surface area contributed by atoms with Crippen molar-refractivity contribution in [3.8, 4) is 0 Å². The third-order valence-corrected chi connectivity index (χ3v) is 5.65. The van der Waals surface area contributed by atoms with Gasteiger partial charge in [-0.2, -0.15) is 0 Å². The molecule has 1 aromatic rings. The Balaban J connectivity index is 1.67. The first-order chi connectivity index (χ1) is 12.1. The number of hydrogen-bond donors (Lipinski definition) is 1. The fourth-order valence-corrected chi connectivity index (χ4v) is 3.83. The van der Waals surface area contributed by atoms with Gasteiger partial charge in [0.05, 0.1) is 6.04 Å². The van der Waals surface area contributed by atoms with Crippen LogP contribution in [0.1, 0.15) is 51.5 Å². The molecule has 1 saturated carbocycles. The molecule has 25 heavy (non-hydrogen) atoms. The van der Waals surface area contributed by atoms with Crippen molar-refractivity contribution in [2.24, 2.45) is 11.7 Å². The van der Waals surface area contributed by atoms with Gasteiger partial charge in [0, 0.05) is 31.7 Å². The second-order valence-corrected chi connectivity index (χ2v) is 8.10. The molecular weight excluding hydrogens is 310 g/mol. The average Bonchev–Trinajstić information content (AvgIpc) is 3.46. The van der Waals surface area contributed by atoms with Crippen molar-refractivity contribution in [3.63, 3.8) is 0 Å². The zero-order valence-electron chi connectivity index (χ0n) is 15.7. The highest BCUT2D eigenvalue weighted by molar-refractivity contribution is 5.82. The fraction of sp³-hybridized carbons (Fsp3) is 0.667. The zero-order valence-corrected chi connectivity index (χ0v) is 15.7. The SMILES string of the molecule is CC(C)[C@H](N)C(=O)N1CCCC[C@H]1CN(Cc1ccccc1)C1CC1. The Kier molecular flexibility index (Phi) is 6.13. The van der Waals surface area contributed by atoms with Crippen LogP contribution in [-0.2, 0) is 11.3 Å². The van der Waals surface area contributed by atoms with E-state index in [0.717, 1.165) is 32.5 Å². The van der Waals surface area contributed by atoms with Crippen LogP contribution in [-0.4, -0.2) is 46.9 Å². The summed E-state index contributed by atoms with van der Waals surface area (Å²) in [6, 6.07) is 11.3. The molecular formula is C21H33N3O. The van der Waals surface area contributed by atoms with Crippen LogP contribution in [0.15, 0.2) is 30.3 Å². The molecule has 138 valence electrons. The second-order valence-electron chi connectivity index (χ2n) is 8.10. The topological polar surface area (TPSA) is 49.6 Å². The molecule has 4 heteroatoms. The normalized spacial score (nSPS) is 22.4. The third kappa shape index (κ3) is 4.83. The Labute approximate surface area is 152 Å². The Bertz CT molecular complexity index is 556. The van der Waals surface area contributed by atoms with Crippen molar-refractivity contribution in [2.75, 3.05) is 13.1 Å². The van der Waals surface area contributed by atoms with Crippen LogP contribution >= 0.6 is 0 Å². The minimum atomic E-state index is -0.371. The van der Waals surface area contributed by atoms with Gasteiger partial charge < -0.3 is 10.6 Å². The van der Waals surface area contributed by atoms with E-state index >= 15 is 0 Å². The number of carbonyl (C=O) groups is 1. The number of benzene rings is 1. The predicted molar refractivity (Wildman–Crippen MR) is 102 cm³/mol. The Hall–Kier alpha value is -1.39. The molecule has 2 N–H and O–H groups in total. The van der Waals surface area contributed by atoms with Gasteiger partial charge in [-0.25, -0.2) is 0 Å². The molecule has 2 aliphatic rings. The van der Waals surface area contributed by atoms with Crippen LogP contribution < -0.4 is 5.73 Å². The fourth-order valence-electron chi connectivity index (χ4n) is 3.83. The molecule has 0 unspecified atom stereocenters. The zero-order chi connectivity index (χ0) is 17.8. The van der Waals surface area contributed by atoms with Crippen molar-refractivity contribution in [3.05, 3.63) is 35.9 Å². The van der Waals surface area contributed by atoms with E-state index in [2.05, 4.69) is 40.1 Å². The van der Waals surface area contributed by atoms with Gasteiger partial charge in [0.2, 0.25) is 5.91 Å². The minimum Gasteiger partial charge on any atom is -0.337 e. The van der Waals surface area contributed by atoms with E-state index in [1.807, 2.05) is 13.8 Å².